The van der Waals surface area contributed by atoms with Gasteiger partial charge in [0.1, 0.15) is 17.3 Å². The molecule has 1 amide bonds. The van der Waals surface area contributed by atoms with E-state index in [9.17, 15) is 9.18 Å². The first kappa shape index (κ1) is 20.3. The summed E-state index contributed by atoms with van der Waals surface area (Å²) in [5.41, 5.74) is 1.51. The average Bonchev–Trinajstić information content (AvgIpc) is 3.21. The van der Waals surface area contributed by atoms with E-state index in [-0.39, 0.29) is 11.7 Å². The number of amides is 1. The Kier molecular flexibility index (Phi) is 6.78. The van der Waals surface area contributed by atoms with Crippen LogP contribution >= 0.6 is 0 Å². The van der Waals surface area contributed by atoms with E-state index in [0.29, 0.717) is 54.6 Å². The van der Waals surface area contributed by atoms with E-state index < -0.39 is 0 Å². The van der Waals surface area contributed by atoms with Gasteiger partial charge in [-0.15, -0.1) is 0 Å². The minimum atomic E-state index is -0.324. The SMILES string of the molecule is COc1ccc(OC)c(CNC(=O)CCCc2nc(-c3ccc(F)cc3)no2)c1. The molecular weight excluding hydrogens is 377 g/mol. The summed E-state index contributed by atoms with van der Waals surface area (Å²) in [5.74, 6) is 1.80. The molecule has 152 valence electrons. The molecule has 3 aromatic rings. The van der Waals surface area contributed by atoms with Gasteiger partial charge < -0.3 is 19.3 Å². The van der Waals surface area contributed by atoms with Crippen molar-refractivity contribution >= 4 is 5.91 Å². The molecule has 3 rings (SSSR count). The predicted octanol–water partition coefficient (Wildman–Crippen LogP) is 3.53. The molecule has 0 aliphatic heterocycles. The highest BCUT2D eigenvalue weighted by Gasteiger charge is 2.11. The lowest BCUT2D eigenvalue weighted by atomic mass is 10.1. The molecule has 0 unspecified atom stereocenters. The van der Waals surface area contributed by atoms with E-state index in [0.717, 1.165) is 5.56 Å². The first-order chi connectivity index (χ1) is 14.1. The highest BCUT2D eigenvalue weighted by atomic mass is 19.1. The number of aromatic nitrogens is 2. The Morgan fingerprint density at radius 1 is 1.14 bits per heavy atom. The number of hydrogen-bond acceptors (Lipinski definition) is 6. The van der Waals surface area contributed by atoms with Gasteiger partial charge in [0.05, 0.1) is 14.2 Å². The van der Waals surface area contributed by atoms with Gasteiger partial charge in [-0.25, -0.2) is 4.39 Å². The van der Waals surface area contributed by atoms with Crippen molar-refractivity contribution in [2.75, 3.05) is 14.2 Å². The van der Waals surface area contributed by atoms with Gasteiger partial charge in [-0.05, 0) is 48.9 Å². The number of halogens is 1. The van der Waals surface area contributed by atoms with Crippen LogP contribution in [0.2, 0.25) is 0 Å². The molecule has 0 saturated carbocycles. The van der Waals surface area contributed by atoms with Gasteiger partial charge in [-0.3, -0.25) is 4.79 Å². The number of benzene rings is 2. The van der Waals surface area contributed by atoms with Gasteiger partial charge in [0, 0.05) is 30.5 Å². The number of nitrogens with one attached hydrogen (secondary N) is 1. The van der Waals surface area contributed by atoms with Crippen molar-refractivity contribution in [2.24, 2.45) is 0 Å². The molecule has 0 saturated heterocycles. The van der Waals surface area contributed by atoms with Gasteiger partial charge in [0.25, 0.3) is 0 Å². The van der Waals surface area contributed by atoms with Crippen LogP contribution in [0.5, 0.6) is 11.5 Å². The first-order valence-electron chi connectivity index (χ1n) is 9.15. The summed E-state index contributed by atoms with van der Waals surface area (Å²) >= 11 is 0. The summed E-state index contributed by atoms with van der Waals surface area (Å²) in [6.45, 7) is 0.342. The molecule has 2 aromatic carbocycles. The fourth-order valence-electron chi connectivity index (χ4n) is 2.78. The second kappa shape index (κ2) is 9.68. The van der Waals surface area contributed by atoms with Gasteiger partial charge in [0.15, 0.2) is 0 Å². The minimum absolute atomic E-state index is 0.0897. The van der Waals surface area contributed by atoms with Crippen molar-refractivity contribution in [2.45, 2.75) is 25.8 Å². The largest absolute Gasteiger partial charge is 0.497 e. The smallest absolute Gasteiger partial charge is 0.226 e. The van der Waals surface area contributed by atoms with Gasteiger partial charge in [0.2, 0.25) is 17.6 Å². The molecule has 0 fully saturated rings. The number of carbonyl (C=O) groups is 1. The number of ether oxygens (including phenoxy) is 2. The summed E-state index contributed by atoms with van der Waals surface area (Å²) in [6, 6.07) is 11.3. The van der Waals surface area contributed by atoms with Gasteiger partial charge >= 0.3 is 0 Å². The third-order valence-corrected chi connectivity index (χ3v) is 4.33. The van der Waals surface area contributed by atoms with Gasteiger partial charge in [-0.1, -0.05) is 5.16 Å². The number of rotatable bonds is 9. The average molecular weight is 399 g/mol. The number of nitrogens with zero attached hydrogens (tertiary/aromatic N) is 2. The van der Waals surface area contributed by atoms with Crippen LogP contribution in [-0.4, -0.2) is 30.3 Å². The number of hydrogen-bond donors (Lipinski definition) is 1. The number of carbonyl (C=O) groups excluding carboxylic acids is 1. The van der Waals surface area contributed by atoms with Crippen LogP contribution < -0.4 is 14.8 Å². The minimum Gasteiger partial charge on any atom is -0.497 e. The molecule has 1 aromatic heterocycles. The maximum atomic E-state index is 13.0. The molecule has 1 N–H and O–H groups in total. The van der Waals surface area contributed by atoms with Crippen LogP contribution in [0.4, 0.5) is 4.39 Å². The lowest BCUT2D eigenvalue weighted by Gasteiger charge is -2.11. The van der Waals surface area contributed by atoms with Crippen molar-refractivity contribution in [3.63, 3.8) is 0 Å². The number of methoxy groups -OCH3 is 2. The molecule has 29 heavy (non-hydrogen) atoms. The molecule has 1 heterocycles. The van der Waals surface area contributed by atoms with E-state index in [2.05, 4.69) is 15.5 Å². The lowest BCUT2D eigenvalue weighted by molar-refractivity contribution is -0.121. The predicted molar refractivity (Wildman–Crippen MR) is 104 cm³/mol. The van der Waals surface area contributed by atoms with Crippen LogP contribution in [0.15, 0.2) is 47.0 Å². The molecule has 0 spiro atoms. The summed E-state index contributed by atoms with van der Waals surface area (Å²) in [4.78, 5) is 16.4. The molecule has 0 aliphatic rings. The quantitative estimate of drug-likeness (QED) is 0.592. The Labute approximate surface area is 167 Å². The molecular formula is C21H22FN3O4. The Hall–Kier alpha value is -3.42. The Morgan fingerprint density at radius 2 is 1.93 bits per heavy atom. The van der Waals surface area contributed by atoms with Crippen molar-refractivity contribution in [1.82, 2.24) is 15.5 Å². The van der Waals surface area contributed by atoms with Crippen LogP contribution in [0.25, 0.3) is 11.4 Å². The van der Waals surface area contributed by atoms with E-state index in [4.69, 9.17) is 14.0 Å². The summed E-state index contributed by atoms with van der Waals surface area (Å²) in [7, 11) is 3.17. The Balaban J connectivity index is 1.46. The maximum absolute atomic E-state index is 13.0. The van der Waals surface area contributed by atoms with Crippen molar-refractivity contribution < 1.29 is 23.2 Å². The summed E-state index contributed by atoms with van der Waals surface area (Å²) in [6.07, 6.45) is 1.36. The topological polar surface area (TPSA) is 86.5 Å². The van der Waals surface area contributed by atoms with E-state index in [1.54, 1.807) is 38.5 Å². The highest BCUT2D eigenvalue weighted by Crippen LogP contribution is 2.23. The number of aryl methyl sites for hydroxylation is 1. The van der Waals surface area contributed by atoms with E-state index >= 15 is 0 Å². The standard InChI is InChI=1S/C21H22FN3O4/c1-27-17-10-11-18(28-2)15(12-17)13-23-19(26)4-3-5-20-24-21(25-29-20)14-6-8-16(22)9-7-14/h6-12H,3-5,13H2,1-2H3,(H,23,26). The van der Waals surface area contributed by atoms with Crippen LogP contribution in [0.3, 0.4) is 0 Å². The van der Waals surface area contributed by atoms with Crippen molar-refractivity contribution in [1.29, 1.82) is 0 Å². The first-order valence-corrected chi connectivity index (χ1v) is 9.15. The Morgan fingerprint density at radius 3 is 2.66 bits per heavy atom. The van der Waals surface area contributed by atoms with Crippen LogP contribution in [0, 0.1) is 5.82 Å². The molecule has 0 aliphatic carbocycles. The molecule has 8 heteroatoms. The fourth-order valence-corrected chi connectivity index (χ4v) is 2.78. The van der Waals surface area contributed by atoms with E-state index in [1.165, 1.54) is 12.1 Å². The molecule has 7 nitrogen and oxygen atoms in total. The summed E-state index contributed by atoms with van der Waals surface area (Å²) < 4.78 is 28.7. The third-order valence-electron chi connectivity index (χ3n) is 4.33. The van der Waals surface area contributed by atoms with Crippen LogP contribution in [-0.2, 0) is 17.8 Å². The zero-order valence-corrected chi connectivity index (χ0v) is 16.3. The summed E-state index contributed by atoms with van der Waals surface area (Å²) in [5, 5.41) is 6.76. The molecule has 0 radical (unpaired) electrons. The monoisotopic (exact) mass is 399 g/mol. The normalized spacial score (nSPS) is 10.6. The van der Waals surface area contributed by atoms with Gasteiger partial charge in [-0.2, -0.15) is 4.98 Å². The lowest BCUT2D eigenvalue weighted by Crippen LogP contribution is -2.22. The third kappa shape index (κ3) is 5.54. The second-order valence-corrected chi connectivity index (χ2v) is 6.33. The maximum Gasteiger partial charge on any atom is 0.226 e. The molecule has 0 bridgehead atoms. The highest BCUT2D eigenvalue weighted by molar-refractivity contribution is 5.75. The zero-order chi connectivity index (χ0) is 20.6. The second-order valence-electron chi connectivity index (χ2n) is 6.33. The fraction of sp³-hybridized carbons (Fsp3) is 0.286. The van der Waals surface area contributed by atoms with Crippen LogP contribution in [0.1, 0.15) is 24.3 Å². The Bertz CT molecular complexity index is 957. The molecule has 0 atom stereocenters. The zero-order valence-electron chi connectivity index (χ0n) is 16.3. The van der Waals surface area contributed by atoms with E-state index in [1.807, 2.05) is 6.07 Å². The van der Waals surface area contributed by atoms with Crippen molar-refractivity contribution in [3.8, 4) is 22.9 Å². The van der Waals surface area contributed by atoms with Crippen molar-refractivity contribution in [3.05, 3.63) is 59.7 Å².